The van der Waals surface area contributed by atoms with Gasteiger partial charge in [0.1, 0.15) is 0 Å². The zero-order chi connectivity index (χ0) is 10.3. The lowest BCUT2D eigenvalue weighted by Crippen LogP contribution is -1.99. The fraction of sp³-hybridized carbons (Fsp3) is 0.545. The van der Waals surface area contributed by atoms with Crippen molar-refractivity contribution in [1.82, 2.24) is 0 Å². The number of carbonyl (C=O) groups is 1. The van der Waals surface area contributed by atoms with Gasteiger partial charge < -0.3 is 4.74 Å². The van der Waals surface area contributed by atoms with E-state index in [1.807, 2.05) is 13.0 Å². The van der Waals surface area contributed by atoms with Crippen LogP contribution in [-0.4, -0.2) is 12.6 Å². The van der Waals surface area contributed by atoms with Crippen molar-refractivity contribution in [2.45, 2.75) is 27.2 Å². The van der Waals surface area contributed by atoms with Crippen LogP contribution in [0.2, 0.25) is 0 Å². The van der Waals surface area contributed by atoms with Gasteiger partial charge in [0.2, 0.25) is 0 Å². The van der Waals surface area contributed by atoms with E-state index in [1.54, 1.807) is 6.92 Å². The summed E-state index contributed by atoms with van der Waals surface area (Å²) in [5.74, 6) is 0.155. The summed E-state index contributed by atoms with van der Waals surface area (Å²) >= 11 is 0. The van der Waals surface area contributed by atoms with E-state index in [-0.39, 0.29) is 5.97 Å². The Hall–Kier alpha value is -1.05. The van der Waals surface area contributed by atoms with E-state index in [2.05, 4.69) is 13.5 Å². The Balaban J connectivity index is 3.74. The maximum Gasteiger partial charge on any atom is 0.330 e. The molecule has 0 radical (unpaired) electrons. The summed E-state index contributed by atoms with van der Waals surface area (Å²) in [5, 5.41) is 0. The first-order chi connectivity index (χ1) is 6.07. The standard InChI is InChI=1S/C11H18O2/c1-5-13-11(12)8-6-7-10(4)9(2)3/h6,8,10H,2,5,7H2,1,3-4H3/b8-6+. The van der Waals surface area contributed by atoms with Gasteiger partial charge in [-0.1, -0.05) is 25.2 Å². The van der Waals surface area contributed by atoms with Crippen molar-refractivity contribution in [2.24, 2.45) is 5.92 Å². The summed E-state index contributed by atoms with van der Waals surface area (Å²) in [4.78, 5) is 10.9. The molecule has 0 aromatic rings. The van der Waals surface area contributed by atoms with Crippen LogP contribution in [0.5, 0.6) is 0 Å². The summed E-state index contributed by atoms with van der Waals surface area (Å²) < 4.78 is 4.74. The highest BCUT2D eigenvalue weighted by Gasteiger charge is 1.99. The van der Waals surface area contributed by atoms with Crippen LogP contribution in [-0.2, 0) is 9.53 Å². The number of ether oxygens (including phenoxy) is 1. The molecule has 13 heavy (non-hydrogen) atoms. The highest BCUT2D eigenvalue weighted by Crippen LogP contribution is 2.11. The Morgan fingerprint density at radius 3 is 2.69 bits per heavy atom. The number of hydrogen-bond acceptors (Lipinski definition) is 2. The molecule has 0 rings (SSSR count). The molecule has 2 nitrogen and oxygen atoms in total. The maximum absolute atomic E-state index is 10.9. The van der Waals surface area contributed by atoms with Crippen LogP contribution >= 0.6 is 0 Å². The smallest absolute Gasteiger partial charge is 0.330 e. The van der Waals surface area contributed by atoms with Crippen molar-refractivity contribution in [3.63, 3.8) is 0 Å². The van der Waals surface area contributed by atoms with E-state index >= 15 is 0 Å². The van der Waals surface area contributed by atoms with Crippen molar-refractivity contribution in [3.05, 3.63) is 24.3 Å². The van der Waals surface area contributed by atoms with E-state index in [1.165, 1.54) is 6.08 Å². The van der Waals surface area contributed by atoms with Crippen molar-refractivity contribution >= 4 is 5.97 Å². The number of carbonyl (C=O) groups excluding carboxylic acids is 1. The second kappa shape index (κ2) is 6.46. The quantitative estimate of drug-likeness (QED) is 0.371. The maximum atomic E-state index is 10.9. The number of esters is 1. The summed E-state index contributed by atoms with van der Waals surface area (Å²) in [6, 6.07) is 0. The van der Waals surface area contributed by atoms with Crippen molar-refractivity contribution in [2.75, 3.05) is 6.61 Å². The lowest BCUT2D eigenvalue weighted by Gasteiger charge is -2.06. The molecule has 0 bridgehead atoms. The van der Waals surface area contributed by atoms with Crippen LogP contribution < -0.4 is 0 Å². The minimum absolute atomic E-state index is 0.267. The molecule has 0 aliphatic heterocycles. The lowest BCUT2D eigenvalue weighted by atomic mass is 10.0. The first-order valence-electron chi connectivity index (χ1n) is 4.56. The summed E-state index contributed by atoms with van der Waals surface area (Å²) in [6.45, 7) is 10.1. The fourth-order valence-corrected chi connectivity index (χ4v) is 0.760. The highest BCUT2D eigenvalue weighted by molar-refractivity contribution is 5.81. The molecule has 0 aliphatic rings. The molecule has 0 N–H and O–H groups in total. The van der Waals surface area contributed by atoms with Gasteiger partial charge >= 0.3 is 5.97 Å². The van der Waals surface area contributed by atoms with Gasteiger partial charge in [-0.2, -0.15) is 0 Å². The summed E-state index contributed by atoms with van der Waals surface area (Å²) in [5.41, 5.74) is 1.13. The first kappa shape index (κ1) is 11.9. The molecular weight excluding hydrogens is 164 g/mol. The van der Waals surface area contributed by atoms with E-state index in [0.29, 0.717) is 12.5 Å². The Morgan fingerprint density at radius 1 is 1.62 bits per heavy atom. The average molecular weight is 182 g/mol. The van der Waals surface area contributed by atoms with E-state index in [4.69, 9.17) is 4.74 Å². The van der Waals surface area contributed by atoms with E-state index in [9.17, 15) is 4.79 Å². The third-order valence-electron chi connectivity index (χ3n) is 1.87. The number of rotatable bonds is 5. The molecule has 0 aromatic heterocycles. The Kier molecular flexibility index (Phi) is 5.94. The molecule has 0 amide bonds. The minimum Gasteiger partial charge on any atom is -0.463 e. The normalized spacial score (nSPS) is 12.8. The van der Waals surface area contributed by atoms with Crippen molar-refractivity contribution < 1.29 is 9.53 Å². The molecule has 0 saturated heterocycles. The minimum atomic E-state index is -0.267. The van der Waals surface area contributed by atoms with Crippen molar-refractivity contribution in [3.8, 4) is 0 Å². The predicted molar refractivity (Wildman–Crippen MR) is 54.4 cm³/mol. The Labute approximate surface area is 80.3 Å². The number of hydrogen-bond donors (Lipinski definition) is 0. The zero-order valence-electron chi connectivity index (χ0n) is 8.67. The second-order valence-corrected chi connectivity index (χ2v) is 3.14. The van der Waals surface area contributed by atoms with Crippen molar-refractivity contribution in [1.29, 1.82) is 0 Å². The van der Waals surface area contributed by atoms with Gasteiger partial charge in [0, 0.05) is 6.08 Å². The highest BCUT2D eigenvalue weighted by atomic mass is 16.5. The van der Waals surface area contributed by atoms with Gasteiger partial charge in [-0.25, -0.2) is 4.79 Å². The van der Waals surface area contributed by atoms with Gasteiger partial charge in [-0.3, -0.25) is 0 Å². The average Bonchev–Trinajstić information content (AvgIpc) is 2.04. The van der Waals surface area contributed by atoms with Crippen LogP contribution in [0.15, 0.2) is 24.3 Å². The van der Waals surface area contributed by atoms with Crippen LogP contribution in [0.1, 0.15) is 27.2 Å². The van der Waals surface area contributed by atoms with Crippen LogP contribution in [0.3, 0.4) is 0 Å². The molecular formula is C11H18O2. The molecule has 1 atom stereocenters. The van der Waals surface area contributed by atoms with Gasteiger partial charge in [-0.15, -0.1) is 0 Å². The van der Waals surface area contributed by atoms with Gasteiger partial charge in [-0.05, 0) is 26.2 Å². The Morgan fingerprint density at radius 2 is 2.23 bits per heavy atom. The zero-order valence-corrected chi connectivity index (χ0v) is 8.67. The molecule has 0 heterocycles. The molecule has 0 aromatic carbocycles. The number of allylic oxidation sites excluding steroid dienone is 2. The molecule has 2 heteroatoms. The third kappa shape index (κ3) is 6.14. The lowest BCUT2D eigenvalue weighted by molar-refractivity contribution is -0.137. The monoisotopic (exact) mass is 182 g/mol. The molecule has 74 valence electrons. The second-order valence-electron chi connectivity index (χ2n) is 3.14. The molecule has 0 fully saturated rings. The Bertz CT molecular complexity index is 204. The molecule has 0 saturated carbocycles. The van der Waals surface area contributed by atoms with E-state index in [0.717, 1.165) is 12.0 Å². The molecule has 0 spiro atoms. The van der Waals surface area contributed by atoms with Gasteiger partial charge in [0.25, 0.3) is 0 Å². The van der Waals surface area contributed by atoms with Crippen LogP contribution in [0.25, 0.3) is 0 Å². The largest absolute Gasteiger partial charge is 0.463 e. The third-order valence-corrected chi connectivity index (χ3v) is 1.87. The predicted octanol–water partition coefficient (Wildman–Crippen LogP) is 2.71. The fourth-order valence-electron chi connectivity index (χ4n) is 0.760. The first-order valence-corrected chi connectivity index (χ1v) is 4.56. The van der Waals surface area contributed by atoms with Gasteiger partial charge in [0.15, 0.2) is 0 Å². The van der Waals surface area contributed by atoms with Crippen LogP contribution in [0.4, 0.5) is 0 Å². The molecule has 1 unspecified atom stereocenters. The topological polar surface area (TPSA) is 26.3 Å². The van der Waals surface area contributed by atoms with Crippen LogP contribution in [0, 0.1) is 5.92 Å². The summed E-state index contributed by atoms with van der Waals surface area (Å²) in [6.07, 6.45) is 4.15. The SMILES string of the molecule is C=C(C)C(C)C/C=C/C(=O)OCC. The van der Waals surface area contributed by atoms with E-state index < -0.39 is 0 Å². The summed E-state index contributed by atoms with van der Waals surface area (Å²) in [7, 11) is 0. The molecule has 0 aliphatic carbocycles. The van der Waals surface area contributed by atoms with Gasteiger partial charge in [0.05, 0.1) is 6.61 Å².